The quantitative estimate of drug-likeness (QED) is 0.533. The first-order valence-electron chi connectivity index (χ1n) is 2.51. The van der Waals surface area contributed by atoms with Gasteiger partial charge in [-0.05, 0) is 6.54 Å². The van der Waals surface area contributed by atoms with Crippen molar-refractivity contribution in [3.05, 3.63) is 0 Å². The molecule has 44 valence electrons. The summed E-state index contributed by atoms with van der Waals surface area (Å²) in [5, 5.41) is 0. The molecule has 0 fully saturated rings. The first kappa shape index (κ1) is 7.35. The SMILES string of the molecule is CCN(P)CCN. The minimum atomic E-state index is 0.747. The van der Waals surface area contributed by atoms with Crippen LogP contribution in [0.3, 0.4) is 0 Å². The second-order valence-corrected chi connectivity index (χ2v) is 2.15. The number of hydrogen-bond acceptors (Lipinski definition) is 2. The van der Waals surface area contributed by atoms with Gasteiger partial charge in [-0.2, -0.15) is 0 Å². The summed E-state index contributed by atoms with van der Waals surface area (Å²) < 4.78 is 2.10. The lowest BCUT2D eigenvalue weighted by atomic mass is 10.6. The largest absolute Gasteiger partial charge is 0.329 e. The smallest absolute Gasteiger partial charge is 0.0139 e. The van der Waals surface area contributed by atoms with E-state index >= 15 is 0 Å². The van der Waals surface area contributed by atoms with Gasteiger partial charge >= 0.3 is 0 Å². The third-order valence-corrected chi connectivity index (χ3v) is 1.45. The molecule has 0 aromatic rings. The Labute approximate surface area is 47.3 Å². The Hall–Kier alpha value is 0.350. The van der Waals surface area contributed by atoms with Gasteiger partial charge in [0.2, 0.25) is 0 Å². The van der Waals surface area contributed by atoms with Crippen LogP contribution in [0.2, 0.25) is 0 Å². The Morgan fingerprint density at radius 3 is 2.43 bits per heavy atom. The molecule has 0 radical (unpaired) electrons. The third-order valence-electron chi connectivity index (χ3n) is 0.822. The third kappa shape index (κ3) is 4.20. The first-order chi connectivity index (χ1) is 3.31. The molecule has 0 rings (SSSR count). The molecule has 2 N–H and O–H groups in total. The number of hydrogen-bond donors (Lipinski definition) is 1. The molecular weight excluding hydrogens is 107 g/mol. The summed E-state index contributed by atoms with van der Waals surface area (Å²) in [6.07, 6.45) is 0. The van der Waals surface area contributed by atoms with Crippen LogP contribution in [0, 0.1) is 0 Å². The van der Waals surface area contributed by atoms with E-state index in [-0.39, 0.29) is 0 Å². The standard InChI is InChI=1S/C4H13N2P/c1-2-6(7)4-3-5/h2-5,7H2,1H3. The maximum absolute atomic E-state index is 5.25. The Morgan fingerprint density at radius 2 is 2.29 bits per heavy atom. The summed E-state index contributed by atoms with van der Waals surface area (Å²) in [5.41, 5.74) is 5.25. The predicted octanol–water partition coefficient (Wildman–Crippen LogP) is 0.0571. The highest BCUT2D eigenvalue weighted by atomic mass is 31.0. The number of nitrogens with two attached hydrogens (primary N) is 1. The van der Waals surface area contributed by atoms with Gasteiger partial charge in [0.05, 0.1) is 0 Å². The van der Waals surface area contributed by atoms with E-state index in [2.05, 4.69) is 21.0 Å². The summed E-state index contributed by atoms with van der Waals surface area (Å²) in [4.78, 5) is 0. The average molecular weight is 120 g/mol. The second kappa shape index (κ2) is 4.51. The molecular formula is C4H13N2P. The zero-order valence-electron chi connectivity index (χ0n) is 4.72. The molecule has 0 bridgehead atoms. The van der Waals surface area contributed by atoms with Crippen molar-refractivity contribution in [3.8, 4) is 0 Å². The van der Waals surface area contributed by atoms with Gasteiger partial charge in [0, 0.05) is 13.1 Å². The van der Waals surface area contributed by atoms with E-state index in [1.807, 2.05) is 0 Å². The van der Waals surface area contributed by atoms with Crippen LogP contribution in [0.4, 0.5) is 0 Å². The topological polar surface area (TPSA) is 29.3 Å². The molecule has 2 nitrogen and oxygen atoms in total. The summed E-state index contributed by atoms with van der Waals surface area (Å²) >= 11 is 0. The monoisotopic (exact) mass is 120 g/mol. The van der Waals surface area contributed by atoms with Crippen molar-refractivity contribution in [3.63, 3.8) is 0 Å². The summed E-state index contributed by atoms with van der Waals surface area (Å²) in [6.45, 7) is 4.88. The van der Waals surface area contributed by atoms with Gasteiger partial charge in [-0.25, -0.2) is 0 Å². The maximum Gasteiger partial charge on any atom is 0.0139 e. The van der Waals surface area contributed by atoms with E-state index in [0.29, 0.717) is 0 Å². The maximum atomic E-state index is 5.25. The van der Waals surface area contributed by atoms with Gasteiger partial charge in [0.15, 0.2) is 0 Å². The van der Waals surface area contributed by atoms with Crippen LogP contribution in [0.5, 0.6) is 0 Å². The molecule has 0 aliphatic heterocycles. The predicted molar refractivity (Wildman–Crippen MR) is 36.0 cm³/mol. The molecule has 0 spiro atoms. The molecule has 3 heteroatoms. The van der Waals surface area contributed by atoms with Gasteiger partial charge in [0.1, 0.15) is 0 Å². The number of nitrogens with zero attached hydrogens (tertiary/aromatic N) is 1. The Morgan fingerprint density at radius 1 is 1.71 bits per heavy atom. The van der Waals surface area contributed by atoms with Crippen molar-refractivity contribution in [2.75, 3.05) is 19.6 Å². The molecule has 0 aliphatic carbocycles. The molecule has 0 heterocycles. The van der Waals surface area contributed by atoms with Crippen LogP contribution in [0.15, 0.2) is 0 Å². The van der Waals surface area contributed by atoms with E-state index in [0.717, 1.165) is 19.6 Å². The zero-order valence-corrected chi connectivity index (χ0v) is 5.88. The summed E-state index contributed by atoms with van der Waals surface area (Å²) in [6, 6.07) is 0. The second-order valence-electron chi connectivity index (χ2n) is 1.42. The van der Waals surface area contributed by atoms with Gasteiger partial charge < -0.3 is 5.73 Å². The van der Waals surface area contributed by atoms with Crippen LogP contribution in [0.1, 0.15) is 6.92 Å². The van der Waals surface area contributed by atoms with Crippen molar-refractivity contribution in [2.24, 2.45) is 5.73 Å². The lowest BCUT2D eigenvalue weighted by Crippen LogP contribution is -2.19. The average Bonchev–Trinajstić information content (AvgIpc) is 1.68. The van der Waals surface area contributed by atoms with Gasteiger partial charge in [-0.15, -0.1) is 0 Å². The van der Waals surface area contributed by atoms with Crippen molar-refractivity contribution >= 4 is 9.39 Å². The Bertz CT molecular complexity index is 40.7. The van der Waals surface area contributed by atoms with Crippen molar-refractivity contribution in [2.45, 2.75) is 6.92 Å². The fourth-order valence-corrected chi connectivity index (χ4v) is 0.473. The van der Waals surface area contributed by atoms with E-state index in [1.54, 1.807) is 0 Å². The van der Waals surface area contributed by atoms with E-state index < -0.39 is 0 Å². The minimum Gasteiger partial charge on any atom is -0.329 e. The summed E-state index contributed by atoms with van der Waals surface area (Å²) in [7, 11) is 2.61. The van der Waals surface area contributed by atoms with Gasteiger partial charge in [0.25, 0.3) is 0 Å². The molecule has 0 aromatic heterocycles. The fourth-order valence-electron chi connectivity index (χ4n) is 0.324. The lowest BCUT2D eigenvalue weighted by molar-refractivity contribution is 0.506. The highest BCUT2D eigenvalue weighted by molar-refractivity contribution is 7.13. The molecule has 0 amide bonds. The molecule has 1 atom stereocenters. The normalized spacial score (nSPS) is 10.3. The van der Waals surface area contributed by atoms with Crippen LogP contribution in [-0.4, -0.2) is 24.3 Å². The molecule has 0 aromatic carbocycles. The Balaban J connectivity index is 2.83. The molecule has 1 unspecified atom stereocenters. The van der Waals surface area contributed by atoms with Crippen molar-refractivity contribution < 1.29 is 0 Å². The van der Waals surface area contributed by atoms with Crippen molar-refractivity contribution in [1.82, 2.24) is 4.67 Å². The van der Waals surface area contributed by atoms with Crippen LogP contribution in [-0.2, 0) is 0 Å². The number of likely N-dealkylation sites (N-methyl/N-ethyl adjacent to an activating group) is 1. The molecule has 7 heavy (non-hydrogen) atoms. The number of rotatable bonds is 3. The van der Waals surface area contributed by atoms with Crippen LogP contribution < -0.4 is 5.73 Å². The first-order valence-corrected chi connectivity index (χ1v) is 3.02. The van der Waals surface area contributed by atoms with E-state index in [9.17, 15) is 0 Å². The minimum absolute atomic E-state index is 0.747. The van der Waals surface area contributed by atoms with Crippen molar-refractivity contribution in [1.29, 1.82) is 0 Å². The van der Waals surface area contributed by atoms with Gasteiger partial charge in [-0.1, -0.05) is 16.3 Å². The Kier molecular flexibility index (Phi) is 4.73. The van der Waals surface area contributed by atoms with Crippen LogP contribution in [0.25, 0.3) is 0 Å². The van der Waals surface area contributed by atoms with E-state index in [1.165, 1.54) is 0 Å². The van der Waals surface area contributed by atoms with E-state index in [4.69, 9.17) is 5.73 Å². The molecule has 0 aliphatic rings. The highest BCUT2D eigenvalue weighted by Crippen LogP contribution is 1.92. The molecule has 0 saturated heterocycles. The van der Waals surface area contributed by atoms with Crippen LogP contribution >= 0.6 is 9.39 Å². The zero-order chi connectivity index (χ0) is 5.70. The summed E-state index contributed by atoms with van der Waals surface area (Å²) in [5.74, 6) is 0. The fraction of sp³-hybridized carbons (Fsp3) is 1.00. The highest BCUT2D eigenvalue weighted by Gasteiger charge is 1.86. The molecule has 0 saturated carbocycles. The lowest BCUT2D eigenvalue weighted by Gasteiger charge is -2.09. The van der Waals surface area contributed by atoms with Gasteiger partial charge in [-0.3, -0.25) is 4.67 Å².